The van der Waals surface area contributed by atoms with Crippen LogP contribution in [0.2, 0.25) is 0 Å². The zero-order chi connectivity index (χ0) is 15.2. The minimum Gasteiger partial charge on any atom is -0.497 e. The van der Waals surface area contributed by atoms with Crippen molar-refractivity contribution < 1.29 is 18.7 Å². The van der Waals surface area contributed by atoms with E-state index in [4.69, 9.17) is 19.7 Å². The molecule has 0 bridgehead atoms. The van der Waals surface area contributed by atoms with Gasteiger partial charge in [0.25, 0.3) is 0 Å². The fourth-order valence-corrected chi connectivity index (χ4v) is 1.90. The van der Waals surface area contributed by atoms with Crippen molar-refractivity contribution in [2.45, 2.75) is 20.1 Å². The summed E-state index contributed by atoms with van der Waals surface area (Å²) in [6, 6.07) is 9.37. The summed E-state index contributed by atoms with van der Waals surface area (Å²) in [5.74, 6) is 6.23. The summed E-state index contributed by atoms with van der Waals surface area (Å²) in [5.41, 5.74) is 3.79. The number of nitrogen functional groups attached to an aromatic ring is 1. The van der Waals surface area contributed by atoms with Gasteiger partial charge in [-0.05, 0) is 30.7 Å². The van der Waals surface area contributed by atoms with Crippen molar-refractivity contribution in [2.75, 3.05) is 7.11 Å². The number of rotatable bonds is 6. The summed E-state index contributed by atoms with van der Waals surface area (Å²) in [7, 11) is 1.62. The SMILES string of the molecule is COc1ccc(COCc2cc(C)c(C(=O)NN)o2)cc1. The number of carbonyl (C=O) groups excluding carboxylic acids is 1. The van der Waals surface area contributed by atoms with E-state index in [1.807, 2.05) is 29.7 Å². The Bertz CT molecular complexity index is 605. The number of hydrogen-bond donors (Lipinski definition) is 2. The molecular weight excluding hydrogens is 272 g/mol. The average Bonchev–Trinajstić information content (AvgIpc) is 2.88. The van der Waals surface area contributed by atoms with Crippen LogP contribution < -0.4 is 16.0 Å². The van der Waals surface area contributed by atoms with Crippen LogP contribution in [-0.2, 0) is 18.0 Å². The van der Waals surface area contributed by atoms with Gasteiger partial charge in [0.1, 0.15) is 18.1 Å². The standard InChI is InChI=1S/C15H18N2O4/c1-10-7-13(21-14(10)15(18)17-16)9-20-8-11-3-5-12(19-2)6-4-11/h3-7H,8-9,16H2,1-2H3,(H,17,18). The van der Waals surface area contributed by atoms with Crippen LogP contribution in [0.5, 0.6) is 5.75 Å². The summed E-state index contributed by atoms with van der Waals surface area (Å²) in [4.78, 5) is 11.4. The van der Waals surface area contributed by atoms with Crippen molar-refractivity contribution in [1.82, 2.24) is 5.43 Å². The summed E-state index contributed by atoms with van der Waals surface area (Å²) >= 11 is 0. The van der Waals surface area contributed by atoms with Crippen molar-refractivity contribution in [2.24, 2.45) is 5.84 Å². The fourth-order valence-electron chi connectivity index (χ4n) is 1.90. The van der Waals surface area contributed by atoms with Crippen molar-refractivity contribution in [3.63, 3.8) is 0 Å². The lowest BCUT2D eigenvalue weighted by molar-refractivity contribution is 0.0855. The number of benzene rings is 1. The molecule has 0 atom stereocenters. The van der Waals surface area contributed by atoms with E-state index in [0.717, 1.165) is 16.9 Å². The van der Waals surface area contributed by atoms with Crippen LogP contribution >= 0.6 is 0 Å². The van der Waals surface area contributed by atoms with Crippen LogP contribution in [0.3, 0.4) is 0 Å². The molecule has 112 valence electrons. The molecular formula is C15H18N2O4. The van der Waals surface area contributed by atoms with Gasteiger partial charge in [0, 0.05) is 5.56 Å². The summed E-state index contributed by atoms with van der Waals surface area (Å²) in [6.45, 7) is 2.51. The van der Waals surface area contributed by atoms with Gasteiger partial charge in [0.15, 0.2) is 5.76 Å². The molecule has 1 aromatic carbocycles. The number of nitrogens with one attached hydrogen (secondary N) is 1. The van der Waals surface area contributed by atoms with Crippen LogP contribution in [0, 0.1) is 6.92 Å². The van der Waals surface area contributed by atoms with Gasteiger partial charge in [-0.1, -0.05) is 12.1 Å². The highest BCUT2D eigenvalue weighted by atomic mass is 16.5. The number of nitrogens with two attached hydrogens (primary N) is 1. The quantitative estimate of drug-likeness (QED) is 0.482. The van der Waals surface area contributed by atoms with Crippen LogP contribution in [0.25, 0.3) is 0 Å². The van der Waals surface area contributed by atoms with Gasteiger partial charge in [0.05, 0.1) is 13.7 Å². The lowest BCUT2D eigenvalue weighted by atomic mass is 10.2. The molecule has 21 heavy (non-hydrogen) atoms. The minimum atomic E-state index is -0.450. The summed E-state index contributed by atoms with van der Waals surface area (Å²) < 4.78 is 16.1. The van der Waals surface area contributed by atoms with Gasteiger partial charge in [-0.25, -0.2) is 5.84 Å². The van der Waals surface area contributed by atoms with E-state index in [0.29, 0.717) is 12.4 Å². The lowest BCUT2D eigenvalue weighted by Crippen LogP contribution is -2.30. The lowest BCUT2D eigenvalue weighted by Gasteiger charge is -2.04. The highest BCUT2D eigenvalue weighted by molar-refractivity contribution is 5.92. The predicted molar refractivity (Wildman–Crippen MR) is 76.6 cm³/mol. The van der Waals surface area contributed by atoms with Crippen LogP contribution in [0.4, 0.5) is 0 Å². The molecule has 0 unspecified atom stereocenters. The topological polar surface area (TPSA) is 86.7 Å². The van der Waals surface area contributed by atoms with E-state index >= 15 is 0 Å². The Hall–Kier alpha value is -2.31. The number of amides is 1. The molecule has 0 aliphatic heterocycles. The maximum absolute atomic E-state index is 11.4. The van der Waals surface area contributed by atoms with Gasteiger partial charge < -0.3 is 13.9 Å². The average molecular weight is 290 g/mol. The molecule has 0 fully saturated rings. The van der Waals surface area contributed by atoms with Crippen LogP contribution in [-0.4, -0.2) is 13.0 Å². The van der Waals surface area contributed by atoms with Crippen LogP contribution in [0.15, 0.2) is 34.7 Å². The molecule has 0 aliphatic carbocycles. The first kappa shape index (κ1) is 15.1. The highest BCUT2D eigenvalue weighted by Crippen LogP contribution is 2.17. The number of hydrogen-bond acceptors (Lipinski definition) is 5. The van der Waals surface area contributed by atoms with Crippen LogP contribution in [0.1, 0.15) is 27.4 Å². The minimum absolute atomic E-state index is 0.209. The molecule has 2 rings (SSSR count). The monoisotopic (exact) mass is 290 g/mol. The molecule has 0 aliphatic rings. The third-order valence-corrected chi connectivity index (χ3v) is 2.98. The summed E-state index contributed by atoms with van der Waals surface area (Å²) in [5, 5.41) is 0. The van der Waals surface area contributed by atoms with Gasteiger partial charge in [-0.2, -0.15) is 0 Å². The largest absolute Gasteiger partial charge is 0.497 e. The van der Waals surface area contributed by atoms with Gasteiger partial charge in [-0.3, -0.25) is 10.2 Å². The Morgan fingerprint density at radius 1 is 1.29 bits per heavy atom. The van der Waals surface area contributed by atoms with Gasteiger partial charge in [-0.15, -0.1) is 0 Å². The number of aryl methyl sites for hydroxylation is 1. The smallest absolute Gasteiger partial charge is 0.301 e. The highest BCUT2D eigenvalue weighted by Gasteiger charge is 2.14. The fraction of sp³-hybridized carbons (Fsp3) is 0.267. The first-order valence-electron chi connectivity index (χ1n) is 6.45. The Balaban J connectivity index is 1.89. The molecule has 0 radical (unpaired) electrons. The second-order valence-electron chi connectivity index (χ2n) is 4.54. The molecule has 6 nitrogen and oxygen atoms in total. The van der Waals surface area contributed by atoms with Crippen molar-refractivity contribution >= 4 is 5.91 Å². The molecule has 3 N–H and O–H groups in total. The van der Waals surface area contributed by atoms with E-state index in [1.54, 1.807) is 20.1 Å². The zero-order valence-electron chi connectivity index (χ0n) is 12.0. The molecule has 6 heteroatoms. The molecule has 2 aromatic rings. The normalized spacial score (nSPS) is 10.4. The molecule has 1 amide bonds. The Kier molecular flexibility index (Phi) is 4.97. The first-order valence-corrected chi connectivity index (χ1v) is 6.45. The number of methoxy groups -OCH3 is 1. The van der Waals surface area contributed by atoms with Gasteiger partial charge in [0.2, 0.25) is 0 Å². The maximum atomic E-state index is 11.4. The van der Waals surface area contributed by atoms with Crippen molar-refractivity contribution in [1.29, 1.82) is 0 Å². The molecule has 1 heterocycles. The second kappa shape index (κ2) is 6.92. The Labute approximate surface area is 122 Å². The number of ether oxygens (including phenoxy) is 2. The second-order valence-corrected chi connectivity index (χ2v) is 4.54. The van der Waals surface area contributed by atoms with E-state index in [1.165, 1.54) is 0 Å². The summed E-state index contributed by atoms with van der Waals surface area (Å²) in [6.07, 6.45) is 0. The molecule has 0 saturated carbocycles. The number of furan rings is 1. The Morgan fingerprint density at radius 3 is 2.62 bits per heavy atom. The van der Waals surface area contributed by atoms with E-state index in [9.17, 15) is 4.79 Å². The third-order valence-electron chi connectivity index (χ3n) is 2.98. The van der Waals surface area contributed by atoms with E-state index < -0.39 is 5.91 Å². The van der Waals surface area contributed by atoms with Crippen molar-refractivity contribution in [3.05, 3.63) is 53.0 Å². The van der Waals surface area contributed by atoms with Crippen molar-refractivity contribution in [3.8, 4) is 5.75 Å². The Morgan fingerprint density at radius 2 is 2.00 bits per heavy atom. The molecule has 1 aromatic heterocycles. The first-order chi connectivity index (χ1) is 10.1. The number of hydrazine groups is 1. The predicted octanol–water partition coefficient (Wildman–Crippen LogP) is 1.92. The van der Waals surface area contributed by atoms with Gasteiger partial charge >= 0.3 is 5.91 Å². The molecule has 0 saturated heterocycles. The molecule has 0 spiro atoms. The third kappa shape index (κ3) is 3.84. The van der Waals surface area contributed by atoms with E-state index in [2.05, 4.69) is 0 Å². The maximum Gasteiger partial charge on any atom is 0.301 e. The zero-order valence-corrected chi connectivity index (χ0v) is 12.0. The number of carbonyl (C=O) groups is 1. The van der Waals surface area contributed by atoms with E-state index in [-0.39, 0.29) is 12.4 Å².